The Morgan fingerprint density at radius 3 is 2.32 bits per heavy atom. The fraction of sp³-hybridized carbons (Fsp3) is 0.205. The molecule has 4 aromatic rings. The van der Waals surface area contributed by atoms with Gasteiger partial charge in [0.2, 0.25) is 11.8 Å². The number of carbonyl (C=O) groups excluding carboxylic acids is 4. The standard InChI is InChI=1S/C44H35NO8/c1-53-37-21-25(16-20-36(37)46)15-19-34-30-17-18-31-39(42(50)45(41(31)49)29-14-8-11-27(22-29)43(51)52)33(30)23-35-40(48)32(26-9-4-2-5-10-26)24-38(47)44(34,35)28-12-6-3-7-13-28/h2-17,19-22,24,31,33-35,39,46H,18,23H2,1H3,(H,51,52). The highest BCUT2D eigenvalue weighted by Crippen LogP contribution is 2.61. The number of phenols is 1. The number of rotatable bonds is 7. The SMILES string of the molecule is COc1cc(C=CC2C3=CCC4C(=O)N(c5cccc(C(=O)O)c5)C(=O)C4C3CC3C(=O)C(c4ccccc4)=CC(=O)C23c2ccccc2)ccc1O. The summed E-state index contributed by atoms with van der Waals surface area (Å²) >= 11 is 0. The molecule has 2 fully saturated rings. The van der Waals surface area contributed by atoms with Crippen molar-refractivity contribution in [1.82, 2.24) is 0 Å². The molecule has 2 N–H and O–H groups in total. The third kappa shape index (κ3) is 5.26. The number of nitrogens with zero attached hydrogens (tertiary/aromatic N) is 1. The second-order valence-corrected chi connectivity index (χ2v) is 14.0. The van der Waals surface area contributed by atoms with E-state index in [1.807, 2.05) is 66.8 Å². The van der Waals surface area contributed by atoms with Gasteiger partial charge in [0.15, 0.2) is 23.1 Å². The molecule has 1 saturated carbocycles. The first-order chi connectivity index (χ1) is 25.6. The lowest BCUT2D eigenvalue weighted by molar-refractivity contribution is -0.135. The highest BCUT2D eigenvalue weighted by atomic mass is 16.5. The summed E-state index contributed by atoms with van der Waals surface area (Å²) in [6.45, 7) is 0. The number of hydrogen-bond donors (Lipinski definition) is 2. The van der Waals surface area contributed by atoms with Crippen LogP contribution in [-0.2, 0) is 24.6 Å². The van der Waals surface area contributed by atoms with Crippen molar-refractivity contribution in [3.05, 3.63) is 149 Å². The first kappa shape index (κ1) is 33.8. The molecule has 1 saturated heterocycles. The predicted molar refractivity (Wildman–Crippen MR) is 197 cm³/mol. The van der Waals surface area contributed by atoms with Gasteiger partial charge in [-0.15, -0.1) is 0 Å². The monoisotopic (exact) mass is 705 g/mol. The molecule has 9 nitrogen and oxygen atoms in total. The minimum Gasteiger partial charge on any atom is -0.504 e. The first-order valence-electron chi connectivity index (χ1n) is 17.5. The third-order valence-corrected chi connectivity index (χ3v) is 11.5. The predicted octanol–water partition coefficient (Wildman–Crippen LogP) is 6.67. The molecule has 8 rings (SSSR count). The lowest BCUT2D eigenvalue weighted by Gasteiger charge is -2.54. The molecule has 4 aliphatic rings. The molecule has 0 radical (unpaired) electrons. The number of fused-ring (bicyclic) bond motifs is 4. The van der Waals surface area contributed by atoms with Crippen LogP contribution in [0.4, 0.5) is 5.69 Å². The van der Waals surface area contributed by atoms with Crippen LogP contribution in [0.15, 0.2) is 127 Å². The minimum atomic E-state index is -1.37. The molecule has 0 spiro atoms. The van der Waals surface area contributed by atoms with E-state index in [1.54, 1.807) is 30.3 Å². The zero-order valence-electron chi connectivity index (χ0n) is 28.7. The molecule has 6 atom stereocenters. The van der Waals surface area contributed by atoms with Gasteiger partial charge in [-0.25, -0.2) is 4.79 Å². The number of methoxy groups -OCH3 is 1. The summed E-state index contributed by atoms with van der Waals surface area (Å²) in [7, 11) is 1.45. The maximum atomic E-state index is 15.1. The molecule has 1 heterocycles. The van der Waals surface area contributed by atoms with Gasteiger partial charge in [0, 0.05) is 17.4 Å². The number of allylic oxidation sites excluding steroid dienone is 5. The Hall–Kier alpha value is -6.35. The van der Waals surface area contributed by atoms with E-state index in [1.165, 1.54) is 37.5 Å². The van der Waals surface area contributed by atoms with Crippen LogP contribution in [0.2, 0.25) is 0 Å². The topological polar surface area (TPSA) is 138 Å². The van der Waals surface area contributed by atoms with E-state index in [-0.39, 0.29) is 47.2 Å². The van der Waals surface area contributed by atoms with Crippen LogP contribution in [0.1, 0.15) is 39.9 Å². The van der Waals surface area contributed by atoms with E-state index in [9.17, 15) is 29.4 Å². The van der Waals surface area contributed by atoms with Crippen molar-refractivity contribution in [1.29, 1.82) is 0 Å². The molecule has 2 amide bonds. The van der Waals surface area contributed by atoms with Crippen LogP contribution in [0.3, 0.4) is 0 Å². The summed E-state index contributed by atoms with van der Waals surface area (Å²) < 4.78 is 5.35. The zero-order valence-corrected chi connectivity index (χ0v) is 28.7. The molecule has 53 heavy (non-hydrogen) atoms. The fourth-order valence-corrected chi connectivity index (χ4v) is 9.16. The highest BCUT2D eigenvalue weighted by Gasteiger charge is 2.65. The number of benzene rings is 4. The normalized spacial score (nSPS) is 26.4. The highest BCUT2D eigenvalue weighted by molar-refractivity contribution is 6.31. The second kappa shape index (κ2) is 13.0. The summed E-state index contributed by atoms with van der Waals surface area (Å²) in [5, 5.41) is 19.9. The van der Waals surface area contributed by atoms with Crippen LogP contribution in [-0.4, -0.2) is 46.7 Å². The van der Waals surface area contributed by atoms with Crippen molar-refractivity contribution < 1.29 is 38.9 Å². The maximum Gasteiger partial charge on any atom is 0.335 e. The van der Waals surface area contributed by atoms with Gasteiger partial charge in [-0.2, -0.15) is 0 Å². The van der Waals surface area contributed by atoms with Gasteiger partial charge in [0.05, 0.1) is 35.6 Å². The van der Waals surface area contributed by atoms with Gasteiger partial charge in [-0.1, -0.05) is 96.6 Å². The number of aromatic hydroxyl groups is 1. The summed E-state index contributed by atoms with van der Waals surface area (Å²) in [5.74, 6) is -5.98. The maximum absolute atomic E-state index is 15.1. The van der Waals surface area contributed by atoms with Crippen molar-refractivity contribution in [2.45, 2.75) is 18.3 Å². The van der Waals surface area contributed by atoms with Crippen molar-refractivity contribution in [2.24, 2.45) is 29.6 Å². The molecule has 0 aromatic heterocycles. The Morgan fingerprint density at radius 2 is 1.60 bits per heavy atom. The largest absolute Gasteiger partial charge is 0.504 e. The Morgan fingerprint density at radius 1 is 0.868 bits per heavy atom. The molecule has 0 bridgehead atoms. The molecule has 6 unspecified atom stereocenters. The van der Waals surface area contributed by atoms with Crippen molar-refractivity contribution >= 4 is 46.7 Å². The average molecular weight is 706 g/mol. The third-order valence-electron chi connectivity index (χ3n) is 11.5. The Balaban J connectivity index is 1.31. The van der Waals surface area contributed by atoms with E-state index < -0.39 is 52.8 Å². The lowest BCUT2D eigenvalue weighted by atomic mass is 9.45. The van der Waals surface area contributed by atoms with Gasteiger partial charge in [-0.3, -0.25) is 24.1 Å². The number of imide groups is 1. The number of carboxylic acid groups (broad SMARTS) is 1. The molecule has 1 aliphatic heterocycles. The molecule has 9 heteroatoms. The number of phenolic OH excluding ortho intramolecular Hbond substituents is 1. The van der Waals surface area contributed by atoms with Gasteiger partial charge in [-0.05, 0) is 71.9 Å². The fourth-order valence-electron chi connectivity index (χ4n) is 9.16. The summed E-state index contributed by atoms with van der Waals surface area (Å²) in [6, 6.07) is 29.1. The molecule has 3 aliphatic carbocycles. The number of hydrogen-bond acceptors (Lipinski definition) is 7. The summed E-state index contributed by atoms with van der Waals surface area (Å²) in [6.07, 6.45) is 7.57. The zero-order chi connectivity index (χ0) is 37.0. The average Bonchev–Trinajstić information content (AvgIpc) is 3.44. The smallest absolute Gasteiger partial charge is 0.335 e. The van der Waals surface area contributed by atoms with Crippen LogP contribution < -0.4 is 9.64 Å². The molecular formula is C44H35NO8. The van der Waals surface area contributed by atoms with E-state index in [4.69, 9.17) is 4.74 Å². The number of ketones is 2. The summed E-state index contributed by atoms with van der Waals surface area (Å²) in [4.78, 5) is 71.6. The first-order valence-corrected chi connectivity index (χ1v) is 17.5. The Bertz CT molecular complexity index is 2290. The van der Waals surface area contributed by atoms with Gasteiger partial charge < -0.3 is 14.9 Å². The van der Waals surface area contributed by atoms with E-state index in [0.717, 1.165) is 10.5 Å². The van der Waals surface area contributed by atoms with E-state index >= 15 is 4.79 Å². The summed E-state index contributed by atoms with van der Waals surface area (Å²) in [5.41, 5.74) is 1.84. The molecule has 4 aromatic carbocycles. The van der Waals surface area contributed by atoms with Crippen molar-refractivity contribution in [3.8, 4) is 11.5 Å². The number of amides is 2. The van der Waals surface area contributed by atoms with Gasteiger partial charge >= 0.3 is 5.97 Å². The number of aromatic carboxylic acids is 1. The molecular weight excluding hydrogens is 670 g/mol. The second-order valence-electron chi connectivity index (χ2n) is 14.0. The van der Waals surface area contributed by atoms with Crippen LogP contribution in [0, 0.1) is 29.6 Å². The van der Waals surface area contributed by atoms with Crippen LogP contribution in [0.25, 0.3) is 11.6 Å². The van der Waals surface area contributed by atoms with Crippen molar-refractivity contribution in [2.75, 3.05) is 12.0 Å². The number of carbonyl (C=O) groups is 5. The van der Waals surface area contributed by atoms with E-state index in [2.05, 4.69) is 0 Å². The van der Waals surface area contributed by atoms with Gasteiger partial charge in [0.25, 0.3) is 0 Å². The van der Waals surface area contributed by atoms with Crippen LogP contribution in [0.5, 0.6) is 11.5 Å². The Kier molecular flexibility index (Phi) is 8.29. The number of carboxylic acids is 1. The van der Waals surface area contributed by atoms with E-state index in [0.29, 0.717) is 22.3 Å². The quantitative estimate of drug-likeness (QED) is 0.161. The number of Topliss-reactive ketones (excluding diaryl/α,β-unsaturated/α-hetero) is 1. The Labute approximate surface area is 305 Å². The molecule has 264 valence electrons. The van der Waals surface area contributed by atoms with Crippen LogP contribution >= 0.6 is 0 Å². The number of ether oxygens (including phenoxy) is 1. The number of anilines is 1. The van der Waals surface area contributed by atoms with Gasteiger partial charge in [0.1, 0.15) is 0 Å². The lowest BCUT2D eigenvalue weighted by Crippen LogP contribution is -2.59. The minimum absolute atomic E-state index is 0.0290. The van der Waals surface area contributed by atoms with Crippen molar-refractivity contribution in [3.63, 3.8) is 0 Å².